The van der Waals surface area contributed by atoms with Gasteiger partial charge in [-0.2, -0.15) is 0 Å². The topological polar surface area (TPSA) is 40.6 Å². The van der Waals surface area contributed by atoms with E-state index < -0.39 is 0 Å². The Morgan fingerprint density at radius 1 is 1.14 bits per heavy atom. The average molecular weight is 409 g/mol. The summed E-state index contributed by atoms with van der Waals surface area (Å²) in [6.07, 6.45) is 3.95. The number of para-hydroxylation sites is 1. The molecule has 4 rings (SSSR count). The lowest BCUT2D eigenvalue weighted by Crippen LogP contribution is -2.48. The molecular weight excluding hydrogens is 384 g/mol. The Labute approximate surface area is 176 Å². The number of piperidine rings is 1. The largest absolute Gasteiger partial charge is 0.338 e. The SMILES string of the molecule is C/C=C(/C(=O)N1CCC(N2C(=O)Cc3ccccc32)CC1)c1ccc(Cl)cc1C. The smallest absolute Gasteiger partial charge is 0.254 e. The number of hydrogen-bond donors (Lipinski definition) is 0. The van der Waals surface area contributed by atoms with Crippen molar-refractivity contribution in [2.45, 2.75) is 39.2 Å². The van der Waals surface area contributed by atoms with Crippen molar-refractivity contribution in [3.63, 3.8) is 0 Å². The van der Waals surface area contributed by atoms with E-state index in [4.69, 9.17) is 11.6 Å². The molecule has 0 spiro atoms. The predicted molar refractivity (Wildman–Crippen MR) is 117 cm³/mol. The summed E-state index contributed by atoms with van der Waals surface area (Å²) in [7, 11) is 0. The van der Waals surface area contributed by atoms with Crippen molar-refractivity contribution in [2.24, 2.45) is 0 Å². The lowest BCUT2D eigenvalue weighted by atomic mass is 9.97. The fourth-order valence-electron chi connectivity index (χ4n) is 4.50. The maximum Gasteiger partial charge on any atom is 0.254 e. The first-order chi connectivity index (χ1) is 14.0. The number of hydrogen-bond acceptors (Lipinski definition) is 2. The molecule has 4 nitrogen and oxygen atoms in total. The average Bonchev–Trinajstić information content (AvgIpc) is 3.05. The lowest BCUT2D eigenvalue weighted by molar-refractivity contribution is -0.126. The van der Waals surface area contributed by atoms with E-state index in [1.165, 1.54) is 0 Å². The predicted octanol–water partition coefficient (Wildman–Crippen LogP) is 4.63. The maximum absolute atomic E-state index is 13.2. The molecule has 2 aromatic carbocycles. The molecule has 2 heterocycles. The standard InChI is InChI=1S/C24H25ClN2O2/c1-3-20(21-9-8-18(25)14-16(21)2)24(29)26-12-10-19(11-13-26)27-22-7-5-4-6-17(22)15-23(27)28/h3-9,14,19H,10-13,15H2,1-2H3/b20-3+. The Bertz CT molecular complexity index is 990. The zero-order chi connectivity index (χ0) is 20.5. The number of anilines is 1. The number of halogens is 1. The zero-order valence-corrected chi connectivity index (χ0v) is 17.6. The highest BCUT2D eigenvalue weighted by atomic mass is 35.5. The first-order valence-corrected chi connectivity index (χ1v) is 10.5. The number of carbonyl (C=O) groups excluding carboxylic acids is 2. The second-order valence-corrected chi connectivity index (χ2v) is 8.19. The molecule has 1 saturated heterocycles. The monoisotopic (exact) mass is 408 g/mol. The summed E-state index contributed by atoms with van der Waals surface area (Å²) in [6.45, 7) is 5.17. The summed E-state index contributed by atoms with van der Waals surface area (Å²) in [4.78, 5) is 29.6. The van der Waals surface area contributed by atoms with Crippen LogP contribution in [-0.2, 0) is 16.0 Å². The highest BCUT2D eigenvalue weighted by Crippen LogP contribution is 2.34. The maximum atomic E-state index is 13.2. The molecule has 5 heteroatoms. The van der Waals surface area contributed by atoms with E-state index in [2.05, 4.69) is 0 Å². The Morgan fingerprint density at radius 3 is 2.55 bits per heavy atom. The van der Waals surface area contributed by atoms with Gasteiger partial charge >= 0.3 is 0 Å². The summed E-state index contributed by atoms with van der Waals surface area (Å²) < 4.78 is 0. The van der Waals surface area contributed by atoms with Gasteiger partial charge in [0, 0.05) is 35.4 Å². The minimum atomic E-state index is 0.0459. The van der Waals surface area contributed by atoms with Crippen LogP contribution in [0, 0.1) is 6.92 Å². The van der Waals surface area contributed by atoms with Crippen LogP contribution < -0.4 is 4.90 Å². The van der Waals surface area contributed by atoms with Gasteiger partial charge in [0.25, 0.3) is 5.91 Å². The minimum Gasteiger partial charge on any atom is -0.338 e. The van der Waals surface area contributed by atoms with E-state index >= 15 is 0 Å². The van der Waals surface area contributed by atoms with E-state index in [0.29, 0.717) is 30.1 Å². The van der Waals surface area contributed by atoms with Crippen molar-refractivity contribution in [2.75, 3.05) is 18.0 Å². The van der Waals surface area contributed by atoms with E-state index in [0.717, 1.165) is 35.2 Å². The van der Waals surface area contributed by atoms with Crippen molar-refractivity contribution in [3.8, 4) is 0 Å². The van der Waals surface area contributed by atoms with Gasteiger partial charge in [0.1, 0.15) is 0 Å². The molecule has 29 heavy (non-hydrogen) atoms. The Hall–Kier alpha value is -2.59. The highest BCUT2D eigenvalue weighted by molar-refractivity contribution is 6.31. The molecule has 0 saturated carbocycles. The lowest BCUT2D eigenvalue weighted by Gasteiger charge is -2.37. The molecule has 2 aromatic rings. The van der Waals surface area contributed by atoms with Crippen LogP contribution in [0.4, 0.5) is 5.69 Å². The number of allylic oxidation sites excluding steroid dienone is 1. The van der Waals surface area contributed by atoms with Gasteiger partial charge in [-0.05, 0) is 61.6 Å². The van der Waals surface area contributed by atoms with E-state index in [-0.39, 0.29) is 17.9 Å². The van der Waals surface area contributed by atoms with Crippen LogP contribution in [0.25, 0.3) is 5.57 Å². The summed E-state index contributed by atoms with van der Waals surface area (Å²) in [5.74, 6) is 0.214. The van der Waals surface area contributed by atoms with Gasteiger partial charge < -0.3 is 9.80 Å². The number of likely N-dealkylation sites (tertiary alicyclic amines) is 1. The number of aryl methyl sites for hydroxylation is 1. The number of benzene rings is 2. The first-order valence-electron chi connectivity index (χ1n) is 10.1. The van der Waals surface area contributed by atoms with Gasteiger partial charge in [0.15, 0.2) is 0 Å². The quantitative estimate of drug-likeness (QED) is 0.694. The van der Waals surface area contributed by atoms with E-state index in [1.807, 2.05) is 72.2 Å². The molecule has 0 atom stereocenters. The van der Waals surface area contributed by atoms with Gasteiger partial charge in [0.2, 0.25) is 5.91 Å². The molecule has 0 aliphatic carbocycles. The molecule has 1 fully saturated rings. The number of nitrogens with zero attached hydrogens (tertiary/aromatic N) is 2. The van der Waals surface area contributed by atoms with Crippen LogP contribution >= 0.6 is 11.6 Å². The van der Waals surface area contributed by atoms with Gasteiger partial charge in [-0.1, -0.05) is 41.9 Å². The van der Waals surface area contributed by atoms with Crippen molar-refractivity contribution >= 4 is 34.7 Å². The van der Waals surface area contributed by atoms with Gasteiger partial charge in [-0.25, -0.2) is 0 Å². The van der Waals surface area contributed by atoms with Crippen molar-refractivity contribution in [3.05, 3.63) is 70.3 Å². The third kappa shape index (κ3) is 3.69. The second kappa shape index (κ2) is 8.03. The second-order valence-electron chi connectivity index (χ2n) is 7.75. The number of rotatable bonds is 3. The Morgan fingerprint density at radius 2 is 1.86 bits per heavy atom. The van der Waals surface area contributed by atoms with Crippen LogP contribution in [0.5, 0.6) is 0 Å². The zero-order valence-electron chi connectivity index (χ0n) is 16.8. The molecule has 0 unspecified atom stereocenters. The third-order valence-corrected chi connectivity index (χ3v) is 6.21. The van der Waals surface area contributed by atoms with Gasteiger partial charge in [-0.15, -0.1) is 0 Å². The number of amides is 2. The number of carbonyl (C=O) groups is 2. The first kappa shape index (κ1) is 19.7. The van der Waals surface area contributed by atoms with Gasteiger partial charge in [0.05, 0.1) is 6.42 Å². The van der Waals surface area contributed by atoms with E-state index in [1.54, 1.807) is 0 Å². The van der Waals surface area contributed by atoms with Crippen molar-refractivity contribution in [1.29, 1.82) is 0 Å². The molecule has 2 amide bonds. The van der Waals surface area contributed by atoms with Crippen LogP contribution in [0.3, 0.4) is 0 Å². The summed E-state index contributed by atoms with van der Waals surface area (Å²) >= 11 is 6.07. The minimum absolute atomic E-state index is 0.0459. The fraction of sp³-hybridized carbons (Fsp3) is 0.333. The number of fused-ring (bicyclic) bond motifs is 1. The molecule has 0 aromatic heterocycles. The highest BCUT2D eigenvalue weighted by Gasteiger charge is 2.35. The van der Waals surface area contributed by atoms with Crippen LogP contribution in [0.15, 0.2) is 48.5 Å². The summed E-state index contributed by atoms with van der Waals surface area (Å²) in [6, 6.07) is 13.8. The van der Waals surface area contributed by atoms with Crippen LogP contribution in [-0.4, -0.2) is 35.8 Å². The van der Waals surface area contributed by atoms with Gasteiger partial charge in [-0.3, -0.25) is 9.59 Å². The molecular formula is C24H25ClN2O2. The summed E-state index contributed by atoms with van der Waals surface area (Å²) in [5, 5.41) is 0.672. The molecule has 2 aliphatic rings. The molecule has 0 bridgehead atoms. The van der Waals surface area contributed by atoms with Crippen LogP contribution in [0.1, 0.15) is 36.5 Å². The van der Waals surface area contributed by atoms with Crippen molar-refractivity contribution in [1.82, 2.24) is 4.90 Å². The Balaban J connectivity index is 1.47. The van der Waals surface area contributed by atoms with E-state index in [9.17, 15) is 9.59 Å². The molecule has 2 aliphatic heterocycles. The Kier molecular flexibility index (Phi) is 5.46. The van der Waals surface area contributed by atoms with Crippen LogP contribution in [0.2, 0.25) is 5.02 Å². The molecule has 150 valence electrons. The third-order valence-electron chi connectivity index (χ3n) is 5.98. The molecule has 0 N–H and O–H groups in total. The molecule has 0 radical (unpaired) electrons. The summed E-state index contributed by atoms with van der Waals surface area (Å²) in [5.41, 5.74) is 4.76. The van der Waals surface area contributed by atoms with Crippen molar-refractivity contribution < 1.29 is 9.59 Å². The normalized spacial score (nSPS) is 17.6. The fourth-order valence-corrected chi connectivity index (χ4v) is 4.73.